The first-order valence-corrected chi connectivity index (χ1v) is 13.9. The molecule has 39 heavy (non-hydrogen) atoms. The summed E-state index contributed by atoms with van der Waals surface area (Å²) in [5.74, 6) is -0.941. The van der Waals surface area contributed by atoms with Crippen LogP contribution < -0.4 is 15.6 Å². The number of anilines is 1. The fourth-order valence-corrected chi connectivity index (χ4v) is 6.92. The molecule has 1 aromatic heterocycles. The molecule has 4 saturated heterocycles. The van der Waals surface area contributed by atoms with E-state index in [1.807, 2.05) is 11.9 Å². The van der Waals surface area contributed by atoms with Crippen LogP contribution in [0.2, 0.25) is 5.02 Å². The molecule has 212 valence electrons. The van der Waals surface area contributed by atoms with E-state index >= 15 is 4.39 Å². The summed E-state index contributed by atoms with van der Waals surface area (Å²) in [4.78, 5) is 30.5. The van der Waals surface area contributed by atoms with Crippen molar-refractivity contribution in [1.29, 1.82) is 0 Å². The SMILES string of the molecule is CN1COCC2CN(c3c(F)cc4c(=O)c(C(=O)O)cn(C5CC5)c4c3Cl)CC21.CN1COCC2CNCC21. The minimum Gasteiger partial charge on any atom is -0.477 e. The molecule has 7 rings (SSSR count). The van der Waals surface area contributed by atoms with Gasteiger partial charge < -0.3 is 29.4 Å². The Hall–Kier alpha value is -2.28. The van der Waals surface area contributed by atoms with Crippen molar-refractivity contribution >= 4 is 34.2 Å². The number of aromatic carboxylic acids is 1. The Labute approximate surface area is 231 Å². The molecule has 2 N–H and O–H groups in total. The monoisotopic (exact) mass is 563 g/mol. The number of halogens is 2. The van der Waals surface area contributed by atoms with Gasteiger partial charge in [0.25, 0.3) is 0 Å². The van der Waals surface area contributed by atoms with Crippen molar-refractivity contribution in [2.75, 3.05) is 71.8 Å². The Morgan fingerprint density at radius 1 is 1.08 bits per heavy atom. The van der Waals surface area contributed by atoms with Crippen LogP contribution >= 0.6 is 11.6 Å². The highest BCUT2D eigenvalue weighted by atomic mass is 35.5. The first-order valence-electron chi connectivity index (χ1n) is 13.6. The highest BCUT2D eigenvalue weighted by Gasteiger charge is 2.40. The average molecular weight is 564 g/mol. The fraction of sp³-hybridized carbons (Fsp3) is 0.630. The fourth-order valence-electron chi connectivity index (χ4n) is 6.51. The summed E-state index contributed by atoms with van der Waals surface area (Å²) >= 11 is 6.71. The predicted molar refractivity (Wildman–Crippen MR) is 145 cm³/mol. The van der Waals surface area contributed by atoms with E-state index < -0.39 is 17.2 Å². The number of nitrogens with one attached hydrogen (secondary N) is 1. The molecule has 1 saturated carbocycles. The van der Waals surface area contributed by atoms with Crippen LogP contribution in [0.1, 0.15) is 29.2 Å². The normalized spacial score (nSPS) is 29.2. The number of benzene rings is 1. The van der Waals surface area contributed by atoms with E-state index in [0.717, 1.165) is 57.3 Å². The molecule has 5 heterocycles. The number of likely N-dealkylation sites (N-methyl/N-ethyl adjacent to an activating group) is 2. The highest BCUT2D eigenvalue weighted by molar-refractivity contribution is 6.38. The first kappa shape index (κ1) is 26.9. The predicted octanol–water partition coefficient (Wildman–Crippen LogP) is 2.05. The van der Waals surface area contributed by atoms with Gasteiger partial charge in [0.15, 0.2) is 0 Å². The van der Waals surface area contributed by atoms with Crippen molar-refractivity contribution in [3.63, 3.8) is 0 Å². The van der Waals surface area contributed by atoms with E-state index in [9.17, 15) is 14.7 Å². The molecule has 0 spiro atoms. The minimum atomic E-state index is -1.32. The third-order valence-electron chi connectivity index (χ3n) is 8.77. The van der Waals surface area contributed by atoms with Crippen LogP contribution in [0.15, 0.2) is 17.1 Å². The van der Waals surface area contributed by atoms with Crippen LogP contribution in [0.3, 0.4) is 0 Å². The van der Waals surface area contributed by atoms with Gasteiger partial charge in [0, 0.05) is 62.3 Å². The molecule has 10 nitrogen and oxygen atoms in total. The summed E-state index contributed by atoms with van der Waals surface area (Å²) in [5, 5.41) is 13.0. The molecule has 4 unspecified atom stereocenters. The number of carboxylic acids is 1. The maximum Gasteiger partial charge on any atom is 0.341 e. The van der Waals surface area contributed by atoms with E-state index in [1.54, 1.807) is 4.57 Å². The summed E-state index contributed by atoms with van der Waals surface area (Å²) in [6.07, 6.45) is 3.09. The number of hydrogen-bond donors (Lipinski definition) is 2. The molecule has 4 atom stereocenters. The molecule has 5 aliphatic rings. The Balaban J connectivity index is 0.000000231. The van der Waals surface area contributed by atoms with E-state index in [1.165, 1.54) is 6.20 Å². The van der Waals surface area contributed by atoms with Gasteiger partial charge in [-0.3, -0.25) is 14.6 Å². The van der Waals surface area contributed by atoms with Crippen LogP contribution in [0.4, 0.5) is 10.1 Å². The maximum absolute atomic E-state index is 15.2. The summed E-state index contributed by atoms with van der Waals surface area (Å²) in [6.45, 7) is 6.42. The molecular formula is C27H35ClFN5O5. The molecule has 0 amide bonds. The third-order valence-corrected chi connectivity index (χ3v) is 9.13. The van der Waals surface area contributed by atoms with Crippen LogP contribution in [0.5, 0.6) is 0 Å². The zero-order valence-electron chi connectivity index (χ0n) is 22.2. The van der Waals surface area contributed by atoms with Gasteiger partial charge in [-0.05, 0) is 33.0 Å². The van der Waals surface area contributed by atoms with Gasteiger partial charge >= 0.3 is 5.97 Å². The lowest BCUT2D eigenvalue weighted by Gasteiger charge is -2.33. The summed E-state index contributed by atoms with van der Waals surface area (Å²) < 4.78 is 27.9. The van der Waals surface area contributed by atoms with Crippen molar-refractivity contribution in [2.45, 2.75) is 31.0 Å². The Bertz CT molecular complexity index is 1340. The van der Waals surface area contributed by atoms with Crippen LogP contribution in [-0.2, 0) is 9.47 Å². The lowest BCUT2D eigenvalue weighted by molar-refractivity contribution is -0.0532. The molecule has 12 heteroatoms. The average Bonchev–Trinajstić information content (AvgIpc) is 3.45. The number of aromatic nitrogens is 1. The number of ether oxygens (including phenoxy) is 2. The van der Waals surface area contributed by atoms with E-state index in [4.69, 9.17) is 21.1 Å². The summed E-state index contributed by atoms with van der Waals surface area (Å²) in [7, 11) is 4.11. The molecular weight excluding hydrogens is 529 g/mol. The van der Waals surface area contributed by atoms with Gasteiger partial charge in [0.05, 0.1) is 48.3 Å². The zero-order chi connectivity index (χ0) is 27.4. The van der Waals surface area contributed by atoms with Crippen LogP contribution in [-0.4, -0.2) is 104 Å². The second kappa shape index (κ2) is 10.6. The Kier molecular flexibility index (Phi) is 7.32. The molecule has 5 fully saturated rings. The van der Waals surface area contributed by atoms with Crippen molar-refractivity contribution < 1.29 is 23.8 Å². The van der Waals surface area contributed by atoms with E-state index in [0.29, 0.717) is 31.9 Å². The van der Waals surface area contributed by atoms with Crippen LogP contribution in [0.25, 0.3) is 10.9 Å². The standard InChI is InChI=1S/C20H21ClFN3O4.C7H14N2O/c1-23-9-29-8-10-5-24(7-15(10)23)18-14(22)4-12-17(16(18)21)25(11-2-3-11)6-13(19(12)26)20(27)28;1-9-5-10-4-6-2-8-3-7(6)9/h4,6,10-11,15H,2-3,5,7-9H2,1H3,(H,27,28);6-8H,2-5H2,1H3. The smallest absolute Gasteiger partial charge is 0.341 e. The summed E-state index contributed by atoms with van der Waals surface area (Å²) in [5.41, 5.74) is -0.377. The number of carboxylic acid groups (broad SMARTS) is 1. The second-order valence-electron chi connectivity index (χ2n) is 11.5. The van der Waals surface area contributed by atoms with Gasteiger partial charge in [-0.25, -0.2) is 9.18 Å². The highest BCUT2D eigenvalue weighted by Crippen LogP contribution is 2.43. The van der Waals surface area contributed by atoms with Crippen molar-refractivity contribution in [3.8, 4) is 0 Å². The lowest BCUT2D eigenvalue weighted by Crippen LogP contribution is -2.45. The molecule has 0 radical (unpaired) electrons. The molecule has 1 aromatic carbocycles. The quantitative estimate of drug-likeness (QED) is 0.581. The molecule has 2 aromatic rings. The largest absolute Gasteiger partial charge is 0.477 e. The van der Waals surface area contributed by atoms with Gasteiger partial charge in [-0.1, -0.05) is 11.6 Å². The molecule has 0 bridgehead atoms. The number of fused-ring (bicyclic) bond motifs is 3. The van der Waals surface area contributed by atoms with Crippen molar-refractivity contribution in [1.82, 2.24) is 19.7 Å². The Morgan fingerprint density at radius 3 is 2.41 bits per heavy atom. The number of nitrogens with zero attached hydrogens (tertiary/aromatic N) is 4. The third kappa shape index (κ3) is 4.93. The van der Waals surface area contributed by atoms with E-state index in [-0.39, 0.29) is 39.7 Å². The number of rotatable bonds is 3. The summed E-state index contributed by atoms with van der Waals surface area (Å²) in [6, 6.07) is 2.20. The molecule has 1 aliphatic carbocycles. The maximum atomic E-state index is 15.2. The number of pyridine rings is 1. The topological polar surface area (TPSA) is 99.5 Å². The minimum absolute atomic E-state index is 0.0140. The van der Waals surface area contributed by atoms with Crippen molar-refractivity contribution in [3.05, 3.63) is 38.9 Å². The van der Waals surface area contributed by atoms with Gasteiger partial charge in [0.1, 0.15) is 11.4 Å². The number of hydrogen-bond acceptors (Lipinski definition) is 8. The molecule has 4 aliphatic heterocycles. The van der Waals surface area contributed by atoms with Gasteiger partial charge in [-0.15, -0.1) is 0 Å². The van der Waals surface area contributed by atoms with Gasteiger partial charge in [-0.2, -0.15) is 0 Å². The lowest BCUT2D eigenvalue weighted by atomic mass is 10.0. The number of carbonyl (C=O) groups is 1. The van der Waals surface area contributed by atoms with Crippen LogP contribution in [0, 0.1) is 17.7 Å². The van der Waals surface area contributed by atoms with E-state index in [2.05, 4.69) is 22.2 Å². The van der Waals surface area contributed by atoms with Gasteiger partial charge in [0.2, 0.25) is 5.43 Å². The zero-order valence-corrected chi connectivity index (χ0v) is 23.0. The first-order chi connectivity index (χ1) is 18.7. The Morgan fingerprint density at radius 2 is 1.77 bits per heavy atom. The second-order valence-corrected chi connectivity index (χ2v) is 11.8. The van der Waals surface area contributed by atoms with Crippen molar-refractivity contribution in [2.24, 2.45) is 11.8 Å².